The van der Waals surface area contributed by atoms with Crippen molar-refractivity contribution < 1.29 is 0 Å². The average molecular weight is 270 g/mol. The van der Waals surface area contributed by atoms with Gasteiger partial charge >= 0.3 is 0 Å². The van der Waals surface area contributed by atoms with Gasteiger partial charge in [0.1, 0.15) is 0 Å². The Labute approximate surface area is 94.5 Å². The fourth-order valence-electron chi connectivity index (χ4n) is 1.05. The molecule has 2 rings (SSSR count). The molecule has 0 amide bonds. The summed E-state index contributed by atoms with van der Waals surface area (Å²) in [5, 5.41) is 4.03. The van der Waals surface area contributed by atoms with Crippen LogP contribution in [0.15, 0.2) is 35.1 Å². The number of aromatic nitrogens is 2. The van der Waals surface area contributed by atoms with E-state index in [0.29, 0.717) is 4.73 Å². The first-order valence-corrected chi connectivity index (χ1v) is 5.68. The predicted molar refractivity (Wildman–Crippen MR) is 61.4 cm³/mol. The van der Waals surface area contributed by atoms with E-state index in [1.54, 1.807) is 0 Å². The first kappa shape index (κ1) is 9.61. The van der Waals surface area contributed by atoms with Gasteiger partial charge < -0.3 is 5.32 Å². The van der Waals surface area contributed by atoms with Gasteiger partial charge in [0.05, 0.1) is 0 Å². The third-order valence-electron chi connectivity index (χ3n) is 1.69. The Bertz CT molecular complexity index is 401. The Balaban J connectivity index is 1.95. The summed E-state index contributed by atoms with van der Waals surface area (Å²) in [6.07, 6.45) is 0. The minimum atomic E-state index is 0.637. The molecule has 0 spiro atoms. The highest BCUT2D eigenvalue weighted by molar-refractivity contribution is 9.10. The molecule has 0 aliphatic carbocycles. The van der Waals surface area contributed by atoms with Crippen molar-refractivity contribution in [3.05, 3.63) is 40.6 Å². The topological polar surface area (TPSA) is 37.8 Å². The lowest BCUT2D eigenvalue weighted by atomic mass is 10.2. The van der Waals surface area contributed by atoms with Crippen molar-refractivity contribution in [2.24, 2.45) is 0 Å². The smallest absolute Gasteiger partial charge is 0.210 e. The van der Waals surface area contributed by atoms with Gasteiger partial charge in [0, 0.05) is 18.1 Å². The van der Waals surface area contributed by atoms with E-state index in [1.807, 2.05) is 18.2 Å². The van der Waals surface area contributed by atoms with E-state index in [9.17, 15) is 0 Å². The molecule has 3 nitrogen and oxygen atoms in total. The van der Waals surface area contributed by atoms with Crippen LogP contribution < -0.4 is 5.32 Å². The Morgan fingerprint density at radius 2 is 2.07 bits per heavy atom. The molecule has 0 radical (unpaired) electrons. The molecule has 5 heteroatoms. The van der Waals surface area contributed by atoms with Crippen LogP contribution in [0.1, 0.15) is 5.56 Å². The maximum Gasteiger partial charge on any atom is 0.210 e. The third-order valence-corrected chi connectivity index (χ3v) is 2.95. The van der Waals surface area contributed by atoms with Gasteiger partial charge in [-0.05, 0) is 21.5 Å². The van der Waals surface area contributed by atoms with Crippen LogP contribution in [0.2, 0.25) is 0 Å². The lowest BCUT2D eigenvalue weighted by Crippen LogP contribution is -1.97. The lowest BCUT2D eigenvalue weighted by Gasteiger charge is -2.00. The van der Waals surface area contributed by atoms with E-state index < -0.39 is 0 Å². The molecule has 1 aromatic carbocycles. The van der Waals surface area contributed by atoms with E-state index in [2.05, 4.69) is 42.7 Å². The molecule has 2 aromatic rings. The second kappa shape index (κ2) is 4.52. The molecular weight excluding hydrogens is 262 g/mol. The normalized spacial score (nSPS) is 10.1. The molecule has 0 fully saturated rings. The average Bonchev–Trinajstić information content (AvgIpc) is 2.63. The first-order valence-electron chi connectivity index (χ1n) is 4.11. The van der Waals surface area contributed by atoms with Crippen LogP contribution in [0.3, 0.4) is 0 Å². The fourth-order valence-corrected chi connectivity index (χ4v) is 2.03. The summed E-state index contributed by atoms with van der Waals surface area (Å²) in [4.78, 5) is 4.14. The monoisotopic (exact) mass is 269 g/mol. The van der Waals surface area contributed by atoms with E-state index in [-0.39, 0.29) is 0 Å². The van der Waals surface area contributed by atoms with Crippen molar-refractivity contribution in [1.82, 2.24) is 9.36 Å². The zero-order valence-electron chi connectivity index (χ0n) is 7.27. The van der Waals surface area contributed by atoms with Crippen molar-refractivity contribution in [2.45, 2.75) is 6.54 Å². The molecule has 0 unspecified atom stereocenters. The predicted octanol–water partition coefficient (Wildman–Crippen LogP) is 2.91. The number of hydrogen-bond donors (Lipinski definition) is 1. The first-order chi connectivity index (χ1) is 6.84. The highest BCUT2D eigenvalue weighted by Gasteiger charge is 1.99. The van der Waals surface area contributed by atoms with Crippen molar-refractivity contribution in [1.29, 1.82) is 0 Å². The number of benzene rings is 1. The van der Waals surface area contributed by atoms with Crippen LogP contribution in [0, 0.1) is 0 Å². The molecular formula is C9H8BrN3S. The number of halogens is 1. The molecule has 0 aliphatic rings. The fraction of sp³-hybridized carbons (Fsp3) is 0.111. The molecule has 1 N–H and O–H groups in total. The molecule has 0 atom stereocenters. The highest BCUT2D eigenvalue weighted by atomic mass is 79.9. The van der Waals surface area contributed by atoms with E-state index in [0.717, 1.165) is 11.7 Å². The maximum absolute atomic E-state index is 4.14. The minimum Gasteiger partial charge on any atom is -0.356 e. The number of rotatable bonds is 3. The highest BCUT2D eigenvalue weighted by Crippen LogP contribution is 2.15. The van der Waals surface area contributed by atoms with Crippen molar-refractivity contribution in [2.75, 3.05) is 5.32 Å². The molecule has 0 saturated carbocycles. The zero-order chi connectivity index (χ0) is 9.80. The number of anilines is 1. The Hall–Kier alpha value is -0.940. The second-order valence-corrected chi connectivity index (χ2v) is 4.17. The molecule has 72 valence electrons. The Morgan fingerprint density at radius 1 is 1.29 bits per heavy atom. The minimum absolute atomic E-state index is 0.637. The molecule has 1 heterocycles. The van der Waals surface area contributed by atoms with Gasteiger partial charge in [0.15, 0.2) is 0 Å². The van der Waals surface area contributed by atoms with Crippen LogP contribution in [0.5, 0.6) is 0 Å². The molecule has 0 aliphatic heterocycles. The van der Waals surface area contributed by atoms with Gasteiger partial charge in [0.2, 0.25) is 9.87 Å². The quantitative estimate of drug-likeness (QED) is 0.931. The van der Waals surface area contributed by atoms with Crippen LogP contribution in [0.25, 0.3) is 0 Å². The summed E-state index contributed by atoms with van der Waals surface area (Å²) in [6.45, 7) is 0.780. The summed E-state index contributed by atoms with van der Waals surface area (Å²) in [5.41, 5.74) is 1.24. The molecule has 14 heavy (non-hydrogen) atoms. The van der Waals surface area contributed by atoms with Gasteiger partial charge in [-0.1, -0.05) is 30.3 Å². The standard InChI is InChI=1S/C9H8BrN3S/c10-8-12-9(14-13-8)11-6-7-4-2-1-3-5-7/h1-5H,6H2,(H,11,12,13). The Morgan fingerprint density at radius 3 is 2.71 bits per heavy atom. The van der Waals surface area contributed by atoms with Crippen LogP contribution in [0.4, 0.5) is 5.13 Å². The van der Waals surface area contributed by atoms with Crippen LogP contribution in [-0.4, -0.2) is 9.36 Å². The van der Waals surface area contributed by atoms with Gasteiger partial charge in [0.25, 0.3) is 0 Å². The second-order valence-electron chi connectivity index (χ2n) is 2.71. The van der Waals surface area contributed by atoms with E-state index in [1.165, 1.54) is 17.1 Å². The van der Waals surface area contributed by atoms with Crippen molar-refractivity contribution >= 4 is 32.6 Å². The summed E-state index contributed by atoms with van der Waals surface area (Å²) in [5.74, 6) is 0. The van der Waals surface area contributed by atoms with Crippen molar-refractivity contribution in [3.63, 3.8) is 0 Å². The lowest BCUT2D eigenvalue weighted by molar-refractivity contribution is 1.12. The van der Waals surface area contributed by atoms with Gasteiger partial charge in [-0.2, -0.15) is 9.36 Å². The van der Waals surface area contributed by atoms with E-state index in [4.69, 9.17) is 0 Å². The number of hydrogen-bond acceptors (Lipinski definition) is 4. The van der Waals surface area contributed by atoms with Crippen molar-refractivity contribution in [3.8, 4) is 0 Å². The zero-order valence-corrected chi connectivity index (χ0v) is 9.68. The third kappa shape index (κ3) is 2.52. The van der Waals surface area contributed by atoms with Gasteiger partial charge in [-0.15, -0.1) is 0 Å². The summed E-state index contributed by atoms with van der Waals surface area (Å²) in [7, 11) is 0. The summed E-state index contributed by atoms with van der Waals surface area (Å²) >= 11 is 4.56. The van der Waals surface area contributed by atoms with Crippen LogP contribution in [-0.2, 0) is 6.54 Å². The number of nitrogens with zero attached hydrogens (tertiary/aromatic N) is 2. The van der Waals surface area contributed by atoms with E-state index >= 15 is 0 Å². The van der Waals surface area contributed by atoms with Gasteiger partial charge in [-0.3, -0.25) is 0 Å². The Kier molecular flexibility index (Phi) is 3.10. The SMILES string of the molecule is Brc1nsc(NCc2ccccc2)n1. The molecule has 0 saturated heterocycles. The number of nitrogens with one attached hydrogen (secondary N) is 1. The maximum atomic E-state index is 4.14. The molecule has 0 bridgehead atoms. The summed E-state index contributed by atoms with van der Waals surface area (Å²) in [6, 6.07) is 10.2. The van der Waals surface area contributed by atoms with Crippen LogP contribution >= 0.6 is 27.5 Å². The molecule has 1 aromatic heterocycles. The van der Waals surface area contributed by atoms with Gasteiger partial charge in [-0.25, -0.2) is 0 Å². The summed E-state index contributed by atoms with van der Waals surface area (Å²) < 4.78 is 4.65. The largest absolute Gasteiger partial charge is 0.356 e.